The number of aliphatic hydroxyl groups is 1. The summed E-state index contributed by atoms with van der Waals surface area (Å²) in [6, 6.07) is 5.81. The van der Waals surface area contributed by atoms with Gasteiger partial charge in [-0.15, -0.1) is 0 Å². The van der Waals surface area contributed by atoms with Crippen LogP contribution in [0.1, 0.15) is 23.1 Å². The van der Waals surface area contributed by atoms with Crippen molar-refractivity contribution >= 4 is 6.09 Å². The zero-order chi connectivity index (χ0) is 12.8. The lowest BCUT2D eigenvalue weighted by Crippen LogP contribution is -2.36. The van der Waals surface area contributed by atoms with Gasteiger partial charge in [-0.05, 0) is 43.4 Å². The van der Waals surface area contributed by atoms with E-state index < -0.39 is 12.1 Å². The van der Waals surface area contributed by atoms with Gasteiger partial charge in [0.2, 0.25) is 0 Å². The maximum Gasteiger partial charge on any atom is 0.404 e. The number of benzene rings is 1. The normalized spacial score (nSPS) is 12.2. The van der Waals surface area contributed by atoms with Gasteiger partial charge in [-0.3, -0.25) is 0 Å². The SMILES string of the molecule is Cc1ccc(CCC(CO)NC(=O)O)cc1C. The van der Waals surface area contributed by atoms with E-state index in [1.807, 2.05) is 6.07 Å². The molecule has 4 nitrogen and oxygen atoms in total. The van der Waals surface area contributed by atoms with Crippen molar-refractivity contribution in [3.05, 3.63) is 34.9 Å². The van der Waals surface area contributed by atoms with Crippen LogP contribution in [0.2, 0.25) is 0 Å². The van der Waals surface area contributed by atoms with Crippen LogP contribution in [0.3, 0.4) is 0 Å². The molecule has 4 heteroatoms. The first-order chi connectivity index (χ1) is 8.02. The molecule has 0 aliphatic carbocycles. The molecule has 0 heterocycles. The van der Waals surface area contributed by atoms with E-state index >= 15 is 0 Å². The van der Waals surface area contributed by atoms with Crippen molar-refractivity contribution in [2.45, 2.75) is 32.7 Å². The van der Waals surface area contributed by atoms with E-state index in [-0.39, 0.29) is 6.61 Å². The van der Waals surface area contributed by atoms with Gasteiger partial charge in [-0.25, -0.2) is 4.79 Å². The van der Waals surface area contributed by atoms with Gasteiger partial charge >= 0.3 is 6.09 Å². The number of amides is 1. The number of hydrogen-bond donors (Lipinski definition) is 3. The zero-order valence-electron chi connectivity index (χ0n) is 10.2. The number of aliphatic hydroxyl groups excluding tert-OH is 1. The van der Waals surface area contributed by atoms with Gasteiger partial charge in [-0.2, -0.15) is 0 Å². The van der Waals surface area contributed by atoms with Crippen LogP contribution in [0.5, 0.6) is 0 Å². The maximum atomic E-state index is 10.5. The summed E-state index contributed by atoms with van der Waals surface area (Å²) in [4.78, 5) is 10.5. The number of rotatable bonds is 5. The molecule has 1 atom stereocenters. The van der Waals surface area contributed by atoms with Gasteiger partial charge in [0.15, 0.2) is 0 Å². The second-order valence-electron chi connectivity index (χ2n) is 4.29. The van der Waals surface area contributed by atoms with Gasteiger partial charge < -0.3 is 15.5 Å². The van der Waals surface area contributed by atoms with E-state index in [0.717, 1.165) is 6.42 Å². The van der Waals surface area contributed by atoms with E-state index in [1.165, 1.54) is 16.7 Å². The van der Waals surface area contributed by atoms with Crippen molar-refractivity contribution in [1.29, 1.82) is 0 Å². The summed E-state index contributed by atoms with van der Waals surface area (Å²) in [5, 5.41) is 19.9. The fourth-order valence-electron chi connectivity index (χ4n) is 1.68. The highest BCUT2D eigenvalue weighted by molar-refractivity contribution is 5.64. The monoisotopic (exact) mass is 237 g/mol. The number of carbonyl (C=O) groups is 1. The Bertz CT molecular complexity index is 390. The van der Waals surface area contributed by atoms with Crippen molar-refractivity contribution in [3.8, 4) is 0 Å². The standard InChI is InChI=1S/C13H19NO3/c1-9-3-4-11(7-10(9)2)5-6-12(8-15)14-13(16)17/h3-4,7,12,14-15H,5-6,8H2,1-2H3,(H,16,17). The van der Waals surface area contributed by atoms with Crippen LogP contribution in [0, 0.1) is 13.8 Å². The van der Waals surface area contributed by atoms with Gasteiger partial charge in [0.1, 0.15) is 0 Å². The van der Waals surface area contributed by atoms with Crippen LogP contribution in [0.15, 0.2) is 18.2 Å². The van der Waals surface area contributed by atoms with E-state index in [0.29, 0.717) is 6.42 Å². The molecule has 0 radical (unpaired) electrons. The van der Waals surface area contributed by atoms with Gasteiger partial charge in [0.25, 0.3) is 0 Å². The lowest BCUT2D eigenvalue weighted by Gasteiger charge is -2.14. The Morgan fingerprint density at radius 1 is 1.35 bits per heavy atom. The quantitative estimate of drug-likeness (QED) is 0.732. The lowest BCUT2D eigenvalue weighted by molar-refractivity contribution is 0.175. The molecule has 94 valence electrons. The van der Waals surface area contributed by atoms with Crippen LogP contribution in [-0.4, -0.2) is 29.0 Å². The van der Waals surface area contributed by atoms with Crippen molar-refractivity contribution < 1.29 is 15.0 Å². The van der Waals surface area contributed by atoms with E-state index in [1.54, 1.807) is 0 Å². The van der Waals surface area contributed by atoms with Gasteiger partial charge in [0.05, 0.1) is 12.6 Å². The minimum absolute atomic E-state index is 0.170. The van der Waals surface area contributed by atoms with Crippen LogP contribution in [0.4, 0.5) is 4.79 Å². The Morgan fingerprint density at radius 2 is 2.06 bits per heavy atom. The fraction of sp³-hybridized carbons (Fsp3) is 0.462. The Morgan fingerprint density at radius 3 is 2.59 bits per heavy atom. The minimum atomic E-state index is -1.09. The number of hydrogen-bond acceptors (Lipinski definition) is 2. The van der Waals surface area contributed by atoms with Crippen molar-refractivity contribution in [3.63, 3.8) is 0 Å². The molecular weight excluding hydrogens is 218 g/mol. The molecule has 0 aromatic heterocycles. The Balaban J connectivity index is 2.53. The lowest BCUT2D eigenvalue weighted by atomic mass is 10.0. The minimum Gasteiger partial charge on any atom is -0.465 e. The Labute approximate surface area is 101 Å². The predicted molar refractivity (Wildman–Crippen MR) is 66.3 cm³/mol. The molecule has 1 aromatic rings. The van der Waals surface area contributed by atoms with Gasteiger partial charge in [0, 0.05) is 0 Å². The Kier molecular flexibility index (Phi) is 4.97. The van der Waals surface area contributed by atoms with Crippen LogP contribution < -0.4 is 5.32 Å². The first-order valence-electron chi connectivity index (χ1n) is 5.69. The third-order valence-electron chi connectivity index (χ3n) is 2.90. The highest BCUT2D eigenvalue weighted by atomic mass is 16.4. The molecular formula is C13H19NO3. The molecule has 0 saturated carbocycles. The molecule has 0 aliphatic heterocycles. The van der Waals surface area contributed by atoms with Crippen LogP contribution >= 0.6 is 0 Å². The summed E-state index contributed by atoms with van der Waals surface area (Å²) >= 11 is 0. The smallest absolute Gasteiger partial charge is 0.404 e. The van der Waals surface area contributed by atoms with Crippen molar-refractivity contribution in [2.75, 3.05) is 6.61 Å². The fourth-order valence-corrected chi connectivity index (χ4v) is 1.68. The number of nitrogens with one attached hydrogen (secondary N) is 1. The van der Waals surface area contributed by atoms with Gasteiger partial charge in [-0.1, -0.05) is 18.2 Å². The van der Waals surface area contributed by atoms with E-state index in [2.05, 4.69) is 31.3 Å². The molecule has 0 bridgehead atoms. The second kappa shape index (κ2) is 6.25. The molecule has 1 amide bonds. The first kappa shape index (κ1) is 13.5. The molecule has 1 rings (SSSR count). The third kappa shape index (κ3) is 4.44. The molecule has 0 spiro atoms. The number of carboxylic acid groups (broad SMARTS) is 1. The zero-order valence-corrected chi connectivity index (χ0v) is 10.2. The molecule has 1 aromatic carbocycles. The highest BCUT2D eigenvalue weighted by Crippen LogP contribution is 2.12. The maximum absolute atomic E-state index is 10.5. The first-order valence-corrected chi connectivity index (χ1v) is 5.69. The summed E-state index contributed by atoms with van der Waals surface area (Å²) in [7, 11) is 0. The van der Waals surface area contributed by atoms with Crippen LogP contribution in [0.25, 0.3) is 0 Å². The summed E-state index contributed by atoms with van der Waals surface area (Å²) in [6.07, 6.45) is 0.266. The molecule has 0 aliphatic rings. The molecule has 1 unspecified atom stereocenters. The molecule has 0 saturated heterocycles. The molecule has 3 N–H and O–H groups in total. The predicted octanol–water partition coefficient (Wildman–Crippen LogP) is 1.86. The molecule has 0 fully saturated rings. The third-order valence-corrected chi connectivity index (χ3v) is 2.90. The average Bonchev–Trinajstić information content (AvgIpc) is 2.28. The van der Waals surface area contributed by atoms with E-state index in [4.69, 9.17) is 10.2 Å². The Hall–Kier alpha value is -1.55. The van der Waals surface area contributed by atoms with Crippen LogP contribution in [-0.2, 0) is 6.42 Å². The van der Waals surface area contributed by atoms with Crippen molar-refractivity contribution in [1.82, 2.24) is 5.32 Å². The summed E-state index contributed by atoms with van der Waals surface area (Å²) in [5.74, 6) is 0. The average molecular weight is 237 g/mol. The number of aryl methyl sites for hydroxylation is 3. The summed E-state index contributed by atoms with van der Waals surface area (Å²) in [5.41, 5.74) is 3.64. The summed E-state index contributed by atoms with van der Waals surface area (Å²) in [6.45, 7) is 3.94. The summed E-state index contributed by atoms with van der Waals surface area (Å²) < 4.78 is 0. The topological polar surface area (TPSA) is 69.6 Å². The van der Waals surface area contributed by atoms with E-state index in [9.17, 15) is 4.79 Å². The van der Waals surface area contributed by atoms with Crippen molar-refractivity contribution in [2.24, 2.45) is 0 Å². The molecule has 17 heavy (non-hydrogen) atoms. The largest absolute Gasteiger partial charge is 0.465 e. The highest BCUT2D eigenvalue weighted by Gasteiger charge is 2.10. The second-order valence-corrected chi connectivity index (χ2v) is 4.29.